The molecule has 90 valence electrons. The molecule has 0 fully saturated rings. The van der Waals surface area contributed by atoms with Gasteiger partial charge in [-0.1, -0.05) is 6.07 Å². The Bertz CT molecular complexity index is 361. The summed E-state index contributed by atoms with van der Waals surface area (Å²) in [6.45, 7) is 1.79. The van der Waals surface area contributed by atoms with Crippen LogP contribution in [0, 0.1) is 6.92 Å². The molecule has 1 aromatic carbocycles. The van der Waals surface area contributed by atoms with Crippen LogP contribution in [-0.4, -0.2) is 19.8 Å². The standard InChI is InChI=1S/C11H15F3N2/c1-8-3-4-9(15)10(7-8)16(2)6-5-11(12,13)14/h3-4,7H,5-6,15H2,1-2H3. The third kappa shape index (κ3) is 3.64. The maximum absolute atomic E-state index is 12.1. The Kier molecular flexibility index (Phi) is 3.67. The molecule has 5 heteroatoms. The Morgan fingerprint density at radius 2 is 1.94 bits per heavy atom. The van der Waals surface area contributed by atoms with E-state index in [9.17, 15) is 13.2 Å². The van der Waals surface area contributed by atoms with Crippen molar-refractivity contribution in [3.8, 4) is 0 Å². The number of benzene rings is 1. The summed E-state index contributed by atoms with van der Waals surface area (Å²) < 4.78 is 36.2. The first-order valence-electron chi connectivity index (χ1n) is 4.93. The molecule has 2 N–H and O–H groups in total. The Labute approximate surface area is 92.9 Å². The molecule has 0 unspecified atom stereocenters. The highest BCUT2D eigenvalue weighted by Gasteiger charge is 2.27. The van der Waals surface area contributed by atoms with Crippen molar-refractivity contribution in [1.82, 2.24) is 0 Å². The molecule has 0 radical (unpaired) electrons. The fourth-order valence-corrected chi connectivity index (χ4v) is 1.40. The van der Waals surface area contributed by atoms with E-state index in [1.807, 2.05) is 13.0 Å². The van der Waals surface area contributed by atoms with E-state index >= 15 is 0 Å². The third-order valence-corrected chi connectivity index (χ3v) is 2.33. The van der Waals surface area contributed by atoms with Gasteiger partial charge in [0.05, 0.1) is 17.8 Å². The van der Waals surface area contributed by atoms with Gasteiger partial charge in [0.15, 0.2) is 0 Å². The first kappa shape index (κ1) is 12.7. The van der Waals surface area contributed by atoms with Crippen LogP contribution in [0.2, 0.25) is 0 Å². The Morgan fingerprint density at radius 3 is 2.50 bits per heavy atom. The van der Waals surface area contributed by atoms with Gasteiger partial charge in [-0.05, 0) is 24.6 Å². The molecule has 0 aliphatic rings. The van der Waals surface area contributed by atoms with E-state index in [-0.39, 0.29) is 6.54 Å². The molecule has 1 aromatic rings. The summed E-state index contributed by atoms with van der Waals surface area (Å²) >= 11 is 0. The Balaban J connectivity index is 2.73. The molecule has 2 nitrogen and oxygen atoms in total. The normalized spacial score (nSPS) is 11.6. The molecular weight excluding hydrogens is 217 g/mol. The lowest BCUT2D eigenvalue weighted by atomic mass is 10.2. The predicted octanol–water partition coefficient (Wildman–Crippen LogP) is 2.97. The monoisotopic (exact) mass is 232 g/mol. The van der Waals surface area contributed by atoms with E-state index < -0.39 is 12.6 Å². The number of nitrogens with two attached hydrogens (primary N) is 1. The van der Waals surface area contributed by atoms with Gasteiger partial charge in [-0.25, -0.2) is 0 Å². The average molecular weight is 232 g/mol. The van der Waals surface area contributed by atoms with Crippen molar-refractivity contribution in [2.24, 2.45) is 0 Å². The number of halogens is 3. The van der Waals surface area contributed by atoms with Crippen LogP contribution in [0.4, 0.5) is 24.5 Å². The van der Waals surface area contributed by atoms with Crippen LogP contribution in [0.5, 0.6) is 0 Å². The van der Waals surface area contributed by atoms with E-state index in [0.717, 1.165) is 5.56 Å². The SMILES string of the molecule is Cc1ccc(N)c(N(C)CCC(F)(F)F)c1. The molecule has 0 aliphatic heterocycles. The minimum atomic E-state index is -4.13. The topological polar surface area (TPSA) is 29.3 Å². The molecule has 0 spiro atoms. The number of alkyl halides is 3. The number of hydrogen-bond donors (Lipinski definition) is 1. The van der Waals surface area contributed by atoms with Crippen LogP contribution in [-0.2, 0) is 0 Å². The second-order valence-electron chi connectivity index (χ2n) is 3.85. The van der Waals surface area contributed by atoms with Gasteiger partial charge in [0.1, 0.15) is 0 Å². The maximum atomic E-state index is 12.1. The van der Waals surface area contributed by atoms with Crippen molar-refractivity contribution in [3.63, 3.8) is 0 Å². The minimum Gasteiger partial charge on any atom is -0.397 e. The summed E-state index contributed by atoms with van der Waals surface area (Å²) in [5.74, 6) is 0. The summed E-state index contributed by atoms with van der Waals surface area (Å²) in [5, 5.41) is 0. The van der Waals surface area contributed by atoms with Gasteiger partial charge in [-0.15, -0.1) is 0 Å². The van der Waals surface area contributed by atoms with Crippen molar-refractivity contribution in [3.05, 3.63) is 23.8 Å². The van der Waals surface area contributed by atoms with Gasteiger partial charge in [0.25, 0.3) is 0 Å². The van der Waals surface area contributed by atoms with Gasteiger partial charge < -0.3 is 10.6 Å². The third-order valence-electron chi connectivity index (χ3n) is 2.33. The molecule has 0 saturated carbocycles. The van der Waals surface area contributed by atoms with Gasteiger partial charge in [-0.3, -0.25) is 0 Å². The van der Waals surface area contributed by atoms with Gasteiger partial charge >= 0.3 is 6.18 Å². The van der Waals surface area contributed by atoms with Gasteiger partial charge in [0.2, 0.25) is 0 Å². The van der Waals surface area contributed by atoms with Crippen LogP contribution in [0.3, 0.4) is 0 Å². The molecule has 0 saturated heterocycles. The minimum absolute atomic E-state index is 0.0862. The fourth-order valence-electron chi connectivity index (χ4n) is 1.40. The summed E-state index contributed by atoms with van der Waals surface area (Å²) in [7, 11) is 1.61. The quantitative estimate of drug-likeness (QED) is 0.812. The molecule has 0 aliphatic carbocycles. The molecule has 0 aromatic heterocycles. The fraction of sp³-hybridized carbons (Fsp3) is 0.455. The zero-order chi connectivity index (χ0) is 12.3. The number of nitrogens with zero attached hydrogens (tertiary/aromatic N) is 1. The zero-order valence-electron chi connectivity index (χ0n) is 9.30. The van der Waals surface area contributed by atoms with Gasteiger partial charge in [0, 0.05) is 13.6 Å². The molecule has 16 heavy (non-hydrogen) atoms. The molecular formula is C11H15F3N2. The van der Waals surface area contributed by atoms with E-state index in [1.165, 1.54) is 4.90 Å². The maximum Gasteiger partial charge on any atom is 0.390 e. The predicted molar refractivity (Wildman–Crippen MR) is 59.5 cm³/mol. The molecule has 0 bridgehead atoms. The van der Waals surface area contributed by atoms with E-state index in [0.29, 0.717) is 11.4 Å². The molecule has 0 amide bonds. The first-order chi connectivity index (χ1) is 7.29. The Hall–Kier alpha value is -1.39. The summed E-state index contributed by atoms with van der Waals surface area (Å²) in [4.78, 5) is 1.52. The molecule has 0 heterocycles. The van der Waals surface area contributed by atoms with Crippen molar-refractivity contribution in [1.29, 1.82) is 0 Å². The summed E-state index contributed by atoms with van der Waals surface area (Å²) in [6.07, 6.45) is -4.97. The van der Waals surface area contributed by atoms with E-state index in [4.69, 9.17) is 5.73 Å². The van der Waals surface area contributed by atoms with E-state index in [2.05, 4.69) is 0 Å². The first-order valence-corrected chi connectivity index (χ1v) is 4.93. The summed E-state index contributed by atoms with van der Waals surface area (Å²) in [6, 6.07) is 5.32. The number of nitrogen functional groups attached to an aromatic ring is 1. The van der Waals surface area contributed by atoms with Crippen LogP contribution in [0.25, 0.3) is 0 Å². The molecule has 0 atom stereocenters. The Morgan fingerprint density at radius 1 is 1.31 bits per heavy atom. The van der Waals surface area contributed by atoms with Gasteiger partial charge in [-0.2, -0.15) is 13.2 Å². The van der Waals surface area contributed by atoms with Crippen LogP contribution >= 0.6 is 0 Å². The highest BCUT2D eigenvalue weighted by molar-refractivity contribution is 5.68. The lowest BCUT2D eigenvalue weighted by molar-refractivity contribution is -0.132. The summed E-state index contributed by atoms with van der Waals surface area (Å²) in [5.41, 5.74) is 7.82. The van der Waals surface area contributed by atoms with Crippen LogP contribution < -0.4 is 10.6 Å². The van der Waals surface area contributed by atoms with Crippen LogP contribution in [0.1, 0.15) is 12.0 Å². The lowest BCUT2D eigenvalue weighted by Crippen LogP contribution is -2.24. The van der Waals surface area contributed by atoms with E-state index in [1.54, 1.807) is 19.2 Å². The zero-order valence-corrected chi connectivity index (χ0v) is 9.30. The van der Waals surface area contributed by atoms with Crippen molar-refractivity contribution >= 4 is 11.4 Å². The molecule has 1 rings (SSSR count). The second-order valence-corrected chi connectivity index (χ2v) is 3.85. The second kappa shape index (κ2) is 4.63. The lowest BCUT2D eigenvalue weighted by Gasteiger charge is -2.22. The average Bonchev–Trinajstić information content (AvgIpc) is 2.17. The van der Waals surface area contributed by atoms with Crippen LogP contribution in [0.15, 0.2) is 18.2 Å². The largest absolute Gasteiger partial charge is 0.397 e. The smallest absolute Gasteiger partial charge is 0.390 e. The number of hydrogen-bond acceptors (Lipinski definition) is 2. The number of rotatable bonds is 3. The number of aryl methyl sites for hydroxylation is 1. The highest BCUT2D eigenvalue weighted by atomic mass is 19.4. The van der Waals surface area contributed by atoms with Crippen molar-refractivity contribution < 1.29 is 13.2 Å². The highest BCUT2D eigenvalue weighted by Crippen LogP contribution is 2.26. The van der Waals surface area contributed by atoms with Crippen molar-refractivity contribution in [2.75, 3.05) is 24.2 Å². The number of anilines is 2. The van der Waals surface area contributed by atoms with Crippen molar-refractivity contribution in [2.45, 2.75) is 19.5 Å².